The molecule has 0 unspecified atom stereocenters. The maximum Gasteiger partial charge on any atom is 0.491 e. The van der Waals surface area contributed by atoms with Crippen molar-refractivity contribution in [3.63, 3.8) is 0 Å². The molecule has 14 nitrogen and oxygen atoms in total. The molecule has 1 amide bonds. The molecule has 7 rings (SSSR count). The molecule has 0 heterocycles. The number of fused-ring (bicyclic) bond motifs is 3. The van der Waals surface area contributed by atoms with Gasteiger partial charge < -0.3 is 39.6 Å². The average molecular weight is 742 g/mol. The van der Waals surface area contributed by atoms with Crippen LogP contribution in [0.5, 0.6) is 11.5 Å². The van der Waals surface area contributed by atoms with Gasteiger partial charge in [0.25, 0.3) is 5.69 Å². The minimum Gasteiger partial charge on any atom is -0.507 e. The predicted octanol–water partition coefficient (Wildman–Crippen LogP) is 3.24. The zero-order valence-electron chi connectivity index (χ0n) is 29.0. The number of hydrogen-bond acceptors (Lipinski definition) is 12. The Morgan fingerprint density at radius 1 is 0.800 bits per heavy atom. The summed E-state index contributed by atoms with van der Waals surface area (Å²) >= 11 is 0. The number of phenolic OH excluding ortho intramolecular Hbond substituents is 2. The van der Waals surface area contributed by atoms with Crippen LogP contribution in [0.2, 0.25) is 0 Å². The molecular formula is C39H32B2N2O12. The van der Waals surface area contributed by atoms with Gasteiger partial charge in [-0.3, -0.25) is 19.7 Å². The molecule has 0 fully saturated rings. The number of carbonyl (C=O) groups excluding carboxylic acids is 3. The number of nitrogens with one attached hydrogen (secondary N) is 1. The van der Waals surface area contributed by atoms with E-state index in [0.717, 1.165) is 0 Å². The second-order valence-corrected chi connectivity index (χ2v) is 13.2. The zero-order chi connectivity index (χ0) is 38.9. The summed E-state index contributed by atoms with van der Waals surface area (Å²) in [5, 5.41) is 60.5. The predicted molar refractivity (Wildman–Crippen MR) is 198 cm³/mol. The number of hydrogen-bond donors (Lipinski definition) is 5. The number of ether oxygens (including phenoxy) is 1. The number of nitrogens with zero attached hydrogens (tertiary/aromatic N) is 1. The number of alkyl carbamates (subject to hydrolysis) is 1. The smallest absolute Gasteiger partial charge is 0.491 e. The summed E-state index contributed by atoms with van der Waals surface area (Å²) in [6.45, 7) is -0.903. The van der Waals surface area contributed by atoms with E-state index in [-0.39, 0.29) is 46.5 Å². The minimum atomic E-state index is -1.79. The van der Waals surface area contributed by atoms with Crippen LogP contribution in [0.4, 0.5) is 10.5 Å². The fourth-order valence-electron chi connectivity index (χ4n) is 7.12. The van der Waals surface area contributed by atoms with Crippen molar-refractivity contribution < 1.29 is 53.6 Å². The summed E-state index contributed by atoms with van der Waals surface area (Å²) in [4.78, 5) is 51.8. The van der Waals surface area contributed by atoms with Gasteiger partial charge in [-0.2, -0.15) is 0 Å². The maximum absolute atomic E-state index is 13.9. The van der Waals surface area contributed by atoms with Gasteiger partial charge in [-0.1, -0.05) is 103 Å². The van der Waals surface area contributed by atoms with E-state index >= 15 is 0 Å². The van der Waals surface area contributed by atoms with E-state index in [0.29, 0.717) is 10.9 Å². The van der Waals surface area contributed by atoms with E-state index < -0.39 is 84.2 Å². The minimum absolute atomic E-state index is 0.0124. The van der Waals surface area contributed by atoms with Crippen molar-refractivity contribution in [1.29, 1.82) is 0 Å². The van der Waals surface area contributed by atoms with Crippen molar-refractivity contribution in [1.82, 2.24) is 5.32 Å². The van der Waals surface area contributed by atoms with Crippen molar-refractivity contribution in [3.8, 4) is 11.5 Å². The SMILES string of the molecule is O=C(NCc1ccccc1[N+](=O)[O-])OC[C@]1(OB(O)c2ccccc2)Cc2c(O)c3c(c(O)c2[C@@H](OB(O)c2ccccc2)C1)C(=O)c1ccccc1C3=O. The Morgan fingerprint density at radius 2 is 1.35 bits per heavy atom. The summed E-state index contributed by atoms with van der Waals surface area (Å²) in [6, 6.07) is 28.3. The molecule has 0 saturated heterocycles. The Labute approximate surface area is 314 Å². The second kappa shape index (κ2) is 15.2. The quantitative estimate of drug-likeness (QED) is 0.0560. The highest BCUT2D eigenvalue weighted by molar-refractivity contribution is 6.60. The van der Waals surface area contributed by atoms with Gasteiger partial charge in [-0.05, 0) is 10.9 Å². The third-order valence-electron chi connectivity index (χ3n) is 9.74. The first-order valence-corrected chi connectivity index (χ1v) is 17.2. The molecular weight excluding hydrogens is 710 g/mol. The lowest BCUT2D eigenvalue weighted by Gasteiger charge is -2.43. The van der Waals surface area contributed by atoms with Gasteiger partial charge in [0.15, 0.2) is 11.6 Å². The van der Waals surface area contributed by atoms with Crippen LogP contribution >= 0.6 is 0 Å². The largest absolute Gasteiger partial charge is 0.507 e. The van der Waals surface area contributed by atoms with Crippen molar-refractivity contribution in [3.05, 3.63) is 158 Å². The van der Waals surface area contributed by atoms with Crippen molar-refractivity contribution in [2.24, 2.45) is 0 Å². The van der Waals surface area contributed by atoms with Crippen LogP contribution in [0, 0.1) is 10.1 Å². The van der Waals surface area contributed by atoms with E-state index in [2.05, 4.69) is 5.32 Å². The summed E-state index contributed by atoms with van der Waals surface area (Å²) in [5.41, 5.74) is -2.26. The number of ketones is 2. The first-order valence-electron chi connectivity index (χ1n) is 17.2. The summed E-state index contributed by atoms with van der Waals surface area (Å²) in [5.74, 6) is -2.76. The van der Waals surface area contributed by atoms with Gasteiger partial charge in [0.2, 0.25) is 0 Å². The highest BCUT2D eigenvalue weighted by Gasteiger charge is 2.50. The van der Waals surface area contributed by atoms with Gasteiger partial charge in [0.05, 0.1) is 34.3 Å². The first kappa shape index (κ1) is 37.0. The first-order chi connectivity index (χ1) is 26.5. The lowest BCUT2D eigenvalue weighted by atomic mass is 9.70. The molecule has 55 heavy (non-hydrogen) atoms. The van der Waals surface area contributed by atoms with Gasteiger partial charge in [0, 0.05) is 46.7 Å². The van der Waals surface area contributed by atoms with Crippen molar-refractivity contribution in [2.75, 3.05) is 6.61 Å². The van der Waals surface area contributed by atoms with Gasteiger partial charge in [0.1, 0.15) is 18.1 Å². The van der Waals surface area contributed by atoms with Crippen LogP contribution in [-0.2, 0) is 27.0 Å². The van der Waals surface area contributed by atoms with Gasteiger partial charge in [-0.15, -0.1) is 0 Å². The van der Waals surface area contributed by atoms with Gasteiger partial charge >= 0.3 is 20.3 Å². The summed E-state index contributed by atoms with van der Waals surface area (Å²) < 4.78 is 18.1. The molecule has 5 N–H and O–H groups in total. The third kappa shape index (κ3) is 7.18. The molecule has 276 valence electrons. The number of carbonyl (C=O) groups is 3. The van der Waals surface area contributed by atoms with E-state index in [1.54, 1.807) is 78.9 Å². The third-order valence-corrected chi connectivity index (χ3v) is 9.74. The van der Waals surface area contributed by atoms with Crippen molar-refractivity contribution >= 4 is 48.5 Å². The van der Waals surface area contributed by atoms with E-state index in [1.165, 1.54) is 30.3 Å². The summed E-state index contributed by atoms with van der Waals surface area (Å²) in [7, 11) is -3.28. The summed E-state index contributed by atoms with van der Waals surface area (Å²) in [6.07, 6.45) is -3.16. The van der Waals surface area contributed by atoms with Crippen LogP contribution < -0.4 is 16.2 Å². The highest BCUT2D eigenvalue weighted by atomic mass is 16.6. The number of aromatic hydroxyl groups is 2. The maximum atomic E-state index is 13.9. The lowest BCUT2D eigenvalue weighted by molar-refractivity contribution is -0.385. The zero-order valence-corrected chi connectivity index (χ0v) is 29.0. The normalized spacial score (nSPS) is 17.0. The molecule has 0 aliphatic heterocycles. The monoisotopic (exact) mass is 742 g/mol. The molecule has 0 saturated carbocycles. The Morgan fingerprint density at radius 3 is 1.96 bits per heavy atom. The number of rotatable bonds is 11. The van der Waals surface area contributed by atoms with E-state index in [9.17, 15) is 44.8 Å². The number of nitro groups is 1. The molecule has 0 aromatic heterocycles. The number of nitro benzene ring substituents is 1. The van der Waals surface area contributed by atoms with Crippen LogP contribution in [0.1, 0.15) is 61.1 Å². The van der Waals surface area contributed by atoms with Crippen LogP contribution in [-0.4, -0.2) is 69.3 Å². The topological polar surface area (TPSA) is 215 Å². The lowest BCUT2D eigenvalue weighted by Crippen LogP contribution is -2.53. The Kier molecular flexibility index (Phi) is 10.2. The Bertz CT molecular complexity index is 2310. The molecule has 0 bridgehead atoms. The number of benzene rings is 5. The molecule has 5 aromatic carbocycles. The fraction of sp³-hybridized carbons (Fsp3) is 0.154. The number of amides is 1. The van der Waals surface area contributed by atoms with Crippen LogP contribution in [0.3, 0.4) is 0 Å². The van der Waals surface area contributed by atoms with Crippen LogP contribution in [0.25, 0.3) is 0 Å². The number of phenols is 2. The molecule has 2 aliphatic carbocycles. The number of para-hydroxylation sites is 1. The van der Waals surface area contributed by atoms with E-state index in [1.807, 2.05) is 0 Å². The molecule has 0 spiro atoms. The average Bonchev–Trinajstić information content (AvgIpc) is 3.20. The molecule has 16 heteroatoms. The molecule has 0 radical (unpaired) electrons. The molecule has 2 atom stereocenters. The van der Waals surface area contributed by atoms with E-state index in [4.69, 9.17) is 14.0 Å². The molecule has 5 aromatic rings. The van der Waals surface area contributed by atoms with Crippen LogP contribution in [0.15, 0.2) is 109 Å². The van der Waals surface area contributed by atoms with Gasteiger partial charge in [-0.25, -0.2) is 4.79 Å². The highest BCUT2D eigenvalue weighted by Crippen LogP contribution is 2.52. The molecule has 2 aliphatic rings. The standard InChI is InChI=1S/C39H32B2N2O12/c44-34-26-16-8-9-17-27(26)35(45)33-32(34)36(46)28-19-39(55-41(50)25-14-5-2-6-15-25,22-53-38(48)42-21-23-11-7-10-18-29(23)43(51)52)20-30(31(28)37(33)47)54-40(49)24-12-3-1-4-13-24/h1-18,30,46-47,49-50H,19-22H2,(H,42,48)/t30-,39-/m0/s1. The second-order valence-electron chi connectivity index (χ2n) is 13.2. The van der Waals surface area contributed by atoms with Crippen molar-refractivity contribution in [2.45, 2.75) is 31.1 Å². The Balaban J connectivity index is 1.30. The Hall–Kier alpha value is -6.32. The fourth-order valence-corrected chi connectivity index (χ4v) is 7.12.